The van der Waals surface area contributed by atoms with Crippen LogP contribution in [0.2, 0.25) is 0 Å². The average molecular weight is 320 g/mol. The lowest BCUT2D eigenvalue weighted by molar-refractivity contribution is -0.138. The Balaban J connectivity index is 2.08. The first-order valence-electron chi connectivity index (χ1n) is 8.07. The molecule has 1 aromatic rings. The number of halogens is 1. The van der Waals surface area contributed by atoms with Gasteiger partial charge in [0.05, 0.1) is 6.04 Å². The monoisotopic (exact) mass is 320 g/mol. The number of hydrogen-bond acceptors (Lipinski definition) is 2. The Labute approximate surface area is 137 Å². The van der Waals surface area contributed by atoms with Gasteiger partial charge in [0.15, 0.2) is 0 Å². The zero-order valence-electron chi connectivity index (χ0n) is 14.2. The van der Waals surface area contributed by atoms with Crippen molar-refractivity contribution in [3.05, 3.63) is 35.6 Å². The van der Waals surface area contributed by atoms with Gasteiger partial charge < -0.3 is 10.2 Å². The molecule has 0 spiro atoms. The van der Waals surface area contributed by atoms with Crippen molar-refractivity contribution >= 4 is 11.8 Å². The third kappa shape index (κ3) is 4.09. The molecular weight excluding hydrogens is 295 g/mol. The lowest BCUT2D eigenvalue weighted by Gasteiger charge is -2.29. The Morgan fingerprint density at radius 1 is 1.26 bits per heavy atom. The Kier molecular flexibility index (Phi) is 5.07. The van der Waals surface area contributed by atoms with Crippen LogP contribution in [0.25, 0.3) is 0 Å². The molecule has 1 fully saturated rings. The fourth-order valence-electron chi connectivity index (χ4n) is 2.79. The summed E-state index contributed by atoms with van der Waals surface area (Å²) in [5.41, 5.74) is 0.405. The first kappa shape index (κ1) is 17.4. The number of carbonyl (C=O) groups excluding carboxylic acids is 2. The molecule has 1 N–H and O–H groups in total. The number of nitrogens with zero attached hydrogens (tertiary/aromatic N) is 1. The van der Waals surface area contributed by atoms with Crippen molar-refractivity contribution in [2.75, 3.05) is 6.54 Å². The van der Waals surface area contributed by atoms with Crippen molar-refractivity contribution in [1.29, 1.82) is 0 Å². The first-order chi connectivity index (χ1) is 10.7. The summed E-state index contributed by atoms with van der Waals surface area (Å²) in [7, 11) is 0. The molecule has 0 bridgehead atoms. The molecule has 4 nitrogen and oxygen atoms in total. The van der Waals surface area contributed by atoms with Gasteiger partial charge in [0.2, 0.25) is 11.8 Å². The summed E-state index contributed by atoms with van der Waals surface area (Å²) >= 11 is 0. The minimum atomic E-state index is -0.567. The number of hydrogen-bond donors (Lipinski definition) is 1. The van der Waals surface area contributed by atoms with Gasteiger partial charge in [-0.1, -0.05) is 32.9 Å². The molecule has 1 heterocycles. The Morgan fingerprint density at radius 2 is 1.87 bits per heavy atom. The van der Waals surface area contributed by atoms with Crippen LogP contribution < -0.4 is 5.32 Å². The van der Waals surface area contributed by atoms with E-state index in [4.69, 9.17) is 0 Å². The molecule has 0 aromatic heterocycles. The molecule has 1 aliphatic heterocycles. The van der Waals surface area contributed by atoms with E-state index in [-0.39, 0.29) is 23.7 Å². The molecule has 23 heavy (non-hydrogen) atoms. The van der Waals surface area contributed by atoms with E-state index < -0.39 is 11.5 Å². The largest absolute Gasteiger partial charge is 0.344 e. The van der Waals surface area contributed by atoms with Crippen molar-refractivity contribution in [3.63, 3.8) is 0 Å². The summed E-state index contributed by atoms with van der Waals surface area (Å²) < 4.78 is 13.1. The van der Waals surface area contributed by atoms with Crippen LogP contribution in [0.3, 0.4) is 0 Å². The van der Waals surface area contributed by atoms with E-state index in [0.717, 1.165) is 18.4 Å². The minimum absolute atomic E-state index is 0.0444. The highest BCUT2D eigenvalue weighted by atomic mass is 19.1. The maximum Gasteiger partial charge on any atom is 0.245 e. The van der Waals surface area contributed by atoms with Crippen LogP contribution in [0.1, 0.15) is 52.1 Å². The van der Waals surface area contributed by atoms with E-state index in [1.807, 2.05) is 20.8 Å². The van der Waals surface area contributed by atoms with Crippen molar-refractivity contribution in [1.82, 2.24) is 10.2 Å². The van der Waals surface area contributed by atoms with Gasteiger partial charge in [-0.2, -0.15) is 0 Å². The molecule has 2 amide bonds. The van der Waals surface area contributed by atoms with Crippen molar-refractivity contribution in [3.8, 4) is 0 Å². The molecule has 126 valence electrons. The zero-order chi connectivity index (χ0) is 17.2. The minimum Gasteiger partial charge on any atom is -0.344 e. The van der Waals surface area contributed by atoms with Gasteiger partial charge in [-0.05, 0) is 37.5 Å². The predicted octanol–water partition coefficient (Wildman–Crippen LogP) is 3.04. The molecular formula is C18H25FN2O2. The number of nitrogens with one attached hydrogen (secondary N) is 1. The Hall–Kier alpha value is -1.91. The third-order valence-corrected chi connectivity index (χ3v) is 4.19. The molecule has 1 aliphatic rings. The topological polar surface area (TPSA) is 49.4 Å². The second-order valence-corrected chi connectivity index (χ2v) is 7.19. The van der Waals surface area contributed by atoms with Crippen molar-refractivity contribution in [2.45, 2.75) is 52.6 Å². The Bertz CT molecular complexity index is 578. The quantitative estimate of drug-likeness (QED) is 0.930. The molecule has 0 saturated carbocycles. The van der Waals surface area contributed by atoms with Crippen LogP contribution >= 0.6 is 0 Å². The SMILES string of the molecule is CC(NC(=O)C(C)(C)C)C(=O)N1CCCC1c1ccc(F)cc1. The third-order valence-electron chi connectivity index (χ3n) is 4.19. The van der Waals surface area contributed by atoms with Crippen LogP contribution in [-0.4, -0.2) is 29.3 Å². The summed E-state index contributed by atoms with van der Waals surface area (Å²) in [6, 6.07) is 5.68. The zero-order valence-corrected chi connectivity index (χ0v) is 14.2. The first-order valence-corrected chi connectivity index (χ1v) is 8.07. The summed E-state index contributed by atoms with van der Waals surface area (Å²) in [6.45, 7) is 7.83. The lowest BCUT2D eigenvalue weighted by Crippen LogP contribution is -2.49. The van der Waals surface area contributed by atoms with Gasteiger partial charge in [-0.15, -0.1) is 0 Å². The lowest BCUT2D eigenvalue weighted by atomic mass is 9.95. The second-order valence-electron chi connectivity index (χ2n) is 7.19. The fraction of sp³-hybridized carbons (Fsp3) is 0.556. The predicted molar refractivity (Wildman–Crippen MR) is 87.1 cm³/mol. The molecule has 0 radical (unpaired) electrons. The van der Waals surface area contributed by atoms with Gasteiger partial charge in [0, 0.05) is 12.0 Å². The number of likely N-dealkylation sites (tertiary alicyclic amines) is 1. The molecule has 5 heteroatoms. The fourth-order valence-corrected chi connectivity index (χ4v) is 2.79. The average Bonchev–Trinajstić information content (AvgIpc) is 2.95. The number of carbonyl (C=O) groups is 2. The highest BCUT2D eigenvalue weighted by Crippen LogP contribution is 2.32. The van der Waals surface area contributed by atoms with Crippen molar-refractivity contribution in [2.24, 2.45) is 5.41 Å². The van der Waals surface area contributed by atoms with Gasteiger partial charge >= 0.3 is 0 Å². The van der Waals surface area contributed by atoms with E-state index in [1.165, 1.54) is 12.1 Å². The van der Waals surface area contributed by atoms with Gasteiger partial charge in [-0.3, -0.25) is 9.59 Å². The van der Waals surface area contributed by atoms with E-state index in [9.17, 15) is 14.0 Å². The van der Waals surface area contributed by atoms with E-state index in [0.29, 0.717) is 6.54 Å². The smallest absolute Gasteiger partial charge is 0.245 e. The molecule has 0 aliphatic carbocycles. The van der Waals surface area contributed by atoms with Gasteiger partial charge in [0.1, 0.15) is 11.9 Å². The Morgan fingerprint density at radius 3 is 2.43 bits per heavy atom. The summed E-state index contributed by atoms with van der Waals surface area (Å²) in [5.74, 6) is -0.513. The standard InChI is InChI=1S/C18H25FN2O2/c1-12(20-17(23)18(2,3)4)16(22)21-11-5-6-15(21)13-7-9-14(19)10-8-13/h7-10,12,15H,5-6,11H2,1-4H3,(H,20,23). The van der Waals surface area contributed by atoms with Crippen LogP contribution in [-0.2, 0) is 9.59 Å². The van der Waals surface area contributed by atoms with Crippen LogP contribution in [0, 0.1) is 11.2 Å². The number of rotatable bonds is 3. The van der Waals surface area contributed by atoms with Gasteiger partial charge in [0.25, 0.3) is 0 Å². The maximum atomic E-state index is 13.1. The number of amides is 2. The maximum absolute atomic E-state index is 13.1. The summed E-state index contributed by atoms with van der Waals surface area (Å²) in [6.07, 6.45) is 1.77. The molecule has 2 unspecified atom stereocenters. The molecule has 1 saturated heterocycles. The highest BCUT2D eigenvalue weighted by molar-refractivity contribution is 5.89. The molecule has 2 rings (SSSR count). The van der Waals surface area contributed by atoms with E-state index in [2.05, 4.69) is 5.32 Å². The molecule has 2 atom stereocenters. The molecule has 1 aromatic carbocycles. The number of benzene rings is 1. The highest BCUT2D eigenvalue weighted by Gasteiger charge is 2.34. The summed E-state index contributed by atoms with van der Waals surface area (Å²) in [4.78, 5) is 26.5. The van der Waals surface area contributed by atoms with E-state index in [1.54, 1.807) is 24.0 Å². The van der Waals surface area contributed by atoms with Gasteiger partial charge in [-0.25, -0.2) is 4.39 Å². The second kappa shape index (κ2) is 6.69. The van der Waals surface area contributed by atoms with Crippen LogP contribution in [0.4, 0.5) is 4.39 Å². The normalized spacial score (nSPS) is 19.5. The van der Waals surface area contributed by atoms with Crippen LogP contribution in [0.5, 0.6) is 0 Å². The van der Waals surface area contributed by atoms with Crippen molar-refractivity contribution < 1.29 is 14.0 Å². The van der Waals surface area contributed by atoms with E-state index >= 15 is 0 Å². The summed E-state index contributed by atoms with van der Waals surface area (Å²) in [5, 5.41) is 2.79. The van der Waals surface area contributed by atoms with Crippen LogP contribution in [0.15, 0.2) is 24.3 Å².